The molecule has 0 bridgehead atoms. The number of rotatable bonds is 5. The summed E-state index contributed by atoms with van der Waals surface area (Å²) in [6, 6.07) is 0.636. The van der Waals surface area contributed by atoms with Gasteiger partial charge >= 0.3 is 0 Å². The third kappa shape index (κ3) is 2.89. The highest BCUT2D eigenvalue weighted by atomic mass is 15.1. The summed E-state index contributed by atoms with van der Waals surface area (Å²) < 4.78 is 2.30. The van der Waals surface area contributed by atoms with Gasteiger partial charge in [-0.05, 0) is 32.7 Å². The van der Waals surface area contributed by atoms with Crippen LogP contribution in [0.25, 0.3) is 0 Å². The molecule has 1 saturated carbocycles. The van der Waals surface area contributed by atoms with Crippen LogP contribution < -0.4 is 5.32 Å². The molecule has 0 amide bonds. The number of nitrogens with one attached hydrogen (secondary N) is 1. The highest BCUT2D eigenvalue weighted by Gasteiger charge is 2.28. The largest absolute Gasteiger partial charge is 0.335 e. The van der Waals surface area contributed by atoms with Gasteiger partial charge in [0.25, 0.3) is 0 Å². The van der Waals surface area contributed by atoms with E-state index in [1.165, 1.54) is 37.9 Å². The number of hydrogen-bond acceptors (Lipinski definition) is 2. The summed E-state index contributed by atoms with van der Waals surface area (Å²) in [4.78, 5) is 4.59. The van der Waals surface area contributed by atoms with Crippen LogP contribution in [0.15, 0.2) is 12.4 Å². The van der Waals surface area contributed by atoms with E-state index in [2.05, 4.69) is 34.9 Å². The molecule has 0 spiro atoms. The molecule has 0 saturated heterocycles. The maximum absolute atomic E-state index is 4.59. The first kappa shape index (κ1) is 12.6. The second-order valence-corrected chi connectivity index (χ2v) is 5.02. The zero-order valence-corrected chi connectivity index (χ0v) is 11.2. The quantitative estimate of drug-likeness (QED) is 0.850. The van der Waals surface area contributed by atoms with Crippen molar-refractivity contribution in [3.05, 3.63) is 18.2 Å². The van der Waals surface area contributed by atoms with Crippen molar-refractivity contribution in [2.45, 2.75) is 64.5 Å². The van der Waals surface area contributed by atoms with Crippen molar-refractivity contribution in [1.82, 2.24) is 14.9 Å². The van der Waals surface area contributed by atoms with Crippen molar-refractivity contribution in [3.8, 4) is 0 Å². The number of nitrogens with zero attached hydrogens (tertiary/aromatic N) is 2. The molecular formula is C14H25N3. The summed E-state index contributed by atoms with van der Waals surface area (Å²) in [6.45, 7) is 6.60. The molecule has 2 rings (SSSR count). The van der Waals surface area contributed by atoms with E-state index in [9.17, 15) is 0 Å². The highest BCUT2D eigenvalue weighted by molar-refractivity contribution is 5.06. The Kier molecular flexibility index (Phi) is 4.60. The molecule has 1 aliphatic rings. The van der Waals surface area contributed by atoms with Gasteiger partial charge in [-0.15, -0.1) is 0 Å². The molecule has 1 aliphatic carbocycles. The Morgan fingerprint density at radius 1 is 1.35 bits per heavy atom. The molecule has 1 fully saturated rings. The topological polar surface area (TPSA) is 29.9 Å². The van der Waals surface area contributed by atoms with Crippen LogP contribution in [-0.2, 0) is 6.54 Å². The van der Waals surface area contributed by atoms with Gasteiger partial charge in [-0.25, -0.2) is 4.98 Å². The van der Waals surface area contributed by atoms with Crippen LogP contribution in [0, 0.1) is 0 Å². The molecule has 2 atom stereocenters. The molecule has 1 N–H and O–H groups in total. The van der Waals surface area contributed by atoms with Crippen molar-refractivity contribution < 1.29 is 0 Å². The third-order valence-electron chi connectivity index (χ3n) is 3.84. The van der Waals surface area contributed by atoms with E-state index in [1.54, 1.807) is 0 Å². The maximum Gasteiger partial charge on any atom is 0.113 e. The molecule has 0 aliphatic heterocycles. The summed E-state index contributed by atoms with van der Waals surface area (Å²) in [5, 5.41) is 3.71. The molecule has 96 valence electrons. The minimum atomic E-state index is 0.616. The lowest BCUT2D eigenvalue weighted by Crippen LogP contribution is -2.38. The Bertz CT molecular complexity index is 332. The lowest BCUT2D eigenvalue weighted by Gasteiger charge is -2.32. The van der Waals surface area contributed by atoms with Crippen LogP contribution in [0.1, 0.15) is 57.7 Å². The van der Waals surface area contributed by atoms with Crippen LogP contribution in [-0.4, -0.2) is 22.1 Å². The normalized spacial score (nSPS) is 25.1. The standard InChI is InChI=1S/C14H25N3/c1-3-9-15-13-8-6-5-7-12(13)14-16-10-11-17(14)4-2/h10-13,15H,3-9H2,1-2H3. The number of aromatic nitrogens is 2. The van der Waals surface area contributed by atoms with Crippen LogP contribution in [0.2, 0.25) is 0 Å². The van der Waals surface area contributed by atoms with Gasteiger partial charge in [0, 0.05) is 30.9 Å². The van der Waals surface area contributed by atoms with E-state index in [1.807, 2.05) is 6.20 Å². The van der Waals surface area contributed by atoms with Crippen molar-refractivity contribution in [1.29, 1.82) is 0 Å². The molecule has 1 heterocycles. The zero-order valence-electron chi connectivity index (χ0n) is 11.2. The minimum absolute atomic E-state index is 0.616. The second-order valence-electron chi connectivity index (χ2n) is 5.02. The summed E-state index contributed by atoms with van der Waals surface area (Å²) in [7, 11) is 0. The lowest BCUT2D eigenvalue weighted by atomic mass is 9.83. The predicted molar refractivity (Wildman–Crippen MR) is 71.2 cm³/mol. The second kappa shape index (κ2) is 6.20. The molecule has 0 aromatic carbocycles. The van der Waals surface area contributed by atoms with Gasteiger partial charge in [0.1, 0.15) is 5.82 Å². The van der Waals surface area contributed by atoms with Gasteiger partial charge in [0.2, 0.25) is 0 Å². The van der Waals surface area contributed by atoms with Gasteiger partial charge in [-0.1, -0.05) is 19.8 Å². The monoisotopic (exact) mass is 235 g/mol. The van der Waals surface area contributed by atoms with Crippen LogP contribution in [0.5, 0.6) is 0 Å². The van der Waals surface area contributed by atoms with Gasteiger partial charge in [-0.2, -0.15) is 0 Å². The van der Waals surface area contributed by atoms with Crippen LogP contribution in [0.3, 0.4) is 0 Å². The highest BCUT2D eigenvalue weighted by Crippen LogP contribution is 2.32. The molecule has 1 aromatic heterocycles. The Balaban J connectivity index is 2.10. The summed E-state index contributed by atoms with van der Waals surface area (Å²) in [5.41, 5.74) is 0. The molecule has 17 heavy (non-hydrogen) atoms. The van der Waals surface area contributed by atoms with Gasteiger partial charge in [0.05, 0.1) is 0 Å². The molecule has 3 heteroatoms. The predicted octanol–water partition coefficient (Wildman–Crippen LogP) is 2.93. The van der Waals surface area contributed by atoms with E-state index in [0.717, 1.165) is 13.1 Å². The Morgan fingerprint density at radius 2 is 2.18 bits per heavy atom. The van der Waals surface area contributed by atoms with Crippen molar-refractivity contribution >= 4 is 0 Å². The molecule has 1 aromatic rings. The average molecular weight is 235 g/mol. The zero-order chi connectivity index (χ0) is 12.1. The summed E-state index contributed by atoms with van der Waals surface area (Å²) in [6.07, 6.45) is 10.6. The average Bonchev–Trinajstić information content (AvgIpc) is 2.84. The molecule has 2 unspecified atom stereocenters. The maximum atomic E-state index is 4.59. The fourth-order valence-electron chi connectivity index (χ4n) is 2.93. The van der Waals surface area contributed by atoms with Crippen LogP contribution >= 0.6 is 0 Å². The summed E-state index contributed by atoms with van der Waals surface area (Å²) >= 11 is 0. The van der Waals surface area contributed by atoms with E-state index in [4.69, 9.17) is 0 Å². The van der Waals surface area contributed by atoms with Crippen molar-refractivity contribution in [2.75, 3.05) is 6.54 Å². The number of imidazole rings is 1. The first-order valence-corrected chi connectivity index (χ1v) is 7.11. The van der Waals surface area contributed by atoms with Gasteiger partial charge < -0.3 is 9.88 Å². The lowest BCUT2D eigenvalue weighted by molar-refractivity contribution is 0.313. The molecular weight excluding hydrogens is 210 g/mol. The smallest absolute Gasteiger partial charge is 0.113 e. The SMILES string of the molecule is CCCNC1CCCCC1c1nccn1CC. The Morgan fingerprint density at radius 3 is 2.94 bits per heavy atom. The van der Waals surface area contributed by atoms with Crippen LogP contribution in [0.4, 0.5) is 0 Å². The van der Waals surface area contributed by atoms with E-state index in [-0.39, 0.29) is 0 Å². The fraction of sp³-hybridized carbons (Fsp3) is 0.786. The fourth-order valence-corrected chi connectivity index (χ4v) is 2.93. The Hall–Kier alpha value is -0.830. The third-order valence-corrected chi connectivity index (χ3v) is 3.84. The van der Waals surface area contributed by atoms with E-state index in [0.29, 0.717) is 12.0 Å². The van der Waals surface area contributed by atoms with Gasteiger partial charge in [-0.3, -0.25) is 0 Å². The Labute approximate surface area is 105 Å². The van der Waals surface area contributed by atoms with Crippen molar-refractivity contribution in [2.24, 2.45) is 0 Å². The summed E-state index contributed by atoms with van der Waals surface area (Å²) in [5.74, 6) is 1.91. The van der Waals surface area contributed by atoms with E-state index >= 15 is 0 Å². The molecule has 3 nitrogen and oxygen atoms in total. The van der Waals surface area contributed by atoms with Gasteiger partial charge in [0.15, 0.2) is 0 Å². The number of aryl methyl sites for hydroxylation is 1. The first-order chi connectivity index (χ1) is 8.36. The minimum Gasteiger partial charge on any atom is -0.335 e. The first-order valence-electron chi connectivity index (χ1n) is 7.11. The van der Waals surface area contributed by atoms with Crippen molar-refractivity contribution in [3.63, 3.8) is 0 Å². The molecule has 0 radical (unpaired) electrons. The number of hydrogen-bond donors (Lipinski definition) is 1. The van der Waals surface area contributed by atoms with E-state index < -0.39 is 0 Å².